The van der Waals surface area contributed by atoms with Crippen molar-refractivity contribution in [2.75, 3.05) is 7.11 Å². The molecule has 7 heteroatoms. The van der Waals surface area contributed by atoms with E-state index in [0.717, 1.165) is 5.56 Å². The third-order valence-corrected chi connectivity index (χ3v) is 4.06. The topological polar surface area (TPSA) is 73.9 Å². The molecule has 0 aliphatic carbocycles. The smallest absolute Gasteiger partial charge is 0.320 e. The predicted octanol–water partition coefficient (Wildman–Crippen LogP) is 3.77. The molecule has 0 aliphatic heterocycles. The van der Waals surface area contributed by atoms with Gasteiger partial charge in [-0.1, -0.05) is 29.8 Å². The van der Waals surface area contributed by atoms with Crippen LogP contribution in [0.1, 0.15) is 11.1 Å². The number of hydrogen-bond donors (Lipinski definition) is 1. The van der Waals surface area contributed by atoms with Crippen molar-refractivity contribution in [1.29, 1.82) is 0 Å². The fourth-order valence-corrected chi connectivity index (χ4v) is 2.50. The molecule has 25 heavy (non-hydrogen) atoms. The van der Waals surface area contributed by atoms with Gasteiger partial charge in [-0.15, -0.1) is 0 Å². The van der Waals surface area contributed by atoms with E-state index >= 15 is 0 Å². The molecule has 0 atom stereocenters. The molecule has 0 saturated carbocycles. The number of halogens is 2. The number of hydrogen-bond acceptors (Lipinski definition) is 5. The lowest BCUT2D eigenvalue weighted by Crippen LogP contribution is -2.02. The molecule has 2 aromatic carbocycles. The van der Waals surface area contributed by atoms with E-state index in [1.807, 2.05) is 12.1 Å². The van der Waals surface area contributed by atoms with Crippen molar-refractivity contribution < 1.29 is 9.13 Å². The van der Waals surface area contributed by atoms with Gasteiger partial charge < -0.3 is 10.5 Å². The standard InChI is InChI=1S/C18H16ClFN4O/c1-10-3-5-12(8-15(10)20)16-22-17(24-18(23-16)25-2)13-7-11(9-21)4-6-14(13)19/h3-8H,9,21H2,1-2H3. The summed E-state index contributed by atoms with van der Waals surface area (Å²) in [6.07, 6.45) is 0. The van der Waals surface area contributed by atoms with Crippen LogP contribution in [0.3, 0.4) is 0 Å². The van der Waals surface area contributed by atoms with Gasteiger partial charge in [-0.25, -0.2) is 9.37 Å². The fourth-order valence-electron chi connectivity index (χ4n) is 2.30. The highest BCUT2D eigenvalue weighted by molar-refractivity contribution is 6.33. The van der Waals surface area contributed by atoms with Gasteiger partial charge >= 0.3 is 6.01 Å². The summed E-state index contributed by atoms with van der Waals surface area (Å²) in [5.74, 6) is 0.305. The van der Waals surface area contributed by atoms with Crippen molar-refractivity contribution in [1.82, 2.24) is 15.0 Å². The van der Waals surface area contributed by atoms with Gasteiger partial charge in [-0.3, -0.25) is 0 Å². The number of nitrogens with two attached hydrogens (primary N) is 1. The maximum atomic E-state index is 13.9. The van der Waals surface area contributed by atoms with E-state index in [4.69, 9.17) is 22.1 Å². The summed E-state index contributed by atoms with van der Waals surface area (Å²) in [4.78, 5) is 12.9. The number of methoxy groups -OCH3 is 1. The van der Waals surface area contributed by atoms with Crippen LogP contribution in [0.2, 0.25) is 5.02 Å². The Balaban J connectivity index is 2.17. The van der Waals surface area contributed by atoms with Crippen molar-refractivity contribution in [2.24, 2.45) is 5.73 Å². The van der Waals surface area contributed by atoms with Crippen LogP contribution in [0.4, 0.5) is 4.39 Å². The van der Waals surface area contributed by atoms with Crippen molar-refractivity contribution in [2.45, 2.75) is 13.5 Å². The van der Waals surface area contributed by atoms with Gasteiger partial charge in [-0.2, -0.15) is 9.97 Å². The predicted molar refractivity (Wildman–Crippen MR) is 94.8 cm³/mol. The first-order valence-corrected chi connectivity index (χ1v) is 7.95. The molecule has 1 aromatic heterocycles. The first kappa shape index (κ1) is 17.3. The lowest BCUT2D eigenvalue weighted by Gasteiger charge is -2.09. The van der Waals surface area contributed by atoms with E-state index in [1.165, 1.54) is 13.2 Å². The second-order valence-electron chi connectivity index (χ2n) is 5.45. The van der Waals surface area contributed by atoms with Gasteiger partial charge in [0.25, 0.3) is 0 Å². The zero-order valence-electron chi connectivity index (χ0n) is 13.8. The first-order valence-electron chi connectivity index (χ1n) is 7.57. The third-order valence-electron chi connectivity index (χ3n) is 3.73. The molecule has 1 heterocycles. The Labute approximate surface area is 149 Å². The van der Waals surface area contributed by atoms with Crippen molar-refractivity contribution >= 4 is 11.6 Å². The molecule has 0 amide bonds. The average molecular weight is 359 g/mol. The molecular formula is C18H16ClFN4O. The number of ether oxygens (including phenoxy) is 1. The zero-order valence-corrected chi connectivity index (χ0v) is 14.5. The van der Waals surface area contributed by atoms with Gasteiger partial charge in [0.1, 0.15) is 5.82 Å². The minimum Gasteiger partial charge on any atom is -0.467 e. The number of benzene rings is 2. The van der Waals surface area contributed by atoms with Crippen LogP contribution in [-0.2, 0) is 6.54 Å². The van der Waals surface area contributed by atoms with E-state index < -0.39 is 0 Å². The molecule has 0 unspecified atom stereocenters. The van der Waals surface area contributed by atoms with E-state index in [1.54, 1.807) is 25.1 Å². The van der Waals surface area contributed by atoms with Crippen LogP contribution in [0.15, 0.2) is 36.4 Å². The van der Waals surface area contributed by atoms with Crippen molar-refractivity contribution in [3.8, 4) is 28.8 Å². The van der Waals surface area contributed by atoms with Crippen LogP contribution in [0.25, 0.3) is 22.8 Å². The quantitative estimate of drug-likeness (QED) is 0.768. The lowest BCUT2D eigenvalue weighted by molar-refractivity contribution is 0.379. The SMILES string of the molecule is COc1nc(-c2ccc(C)c(F)c2)nc(-c2cc(CN)ccc2Cl)n1. The molecule has 0 spiro atoms. The Kier molecular flexibility index (Phi) is 4.92. The lowest BCUT2D eigenvalue weighted by atomic mass is 10.1. The average Bonchev–Trinajstić information content (AvgIpc) is 2.64. The normalized spacial score (nSPS) is 10.8. The minimum atomic E-state index is -0.332. The molecule has 0 aliphatic rings. The Bertz CT molecular complexity index is 933. The van der Waals surface area contributed by atoms with Crippen LogP contribution in [0, 0.1) is 12.7 Å². The Morgan fingerprint density at radius 1 is 1.08 bits per heavy atom. The molecule has 2 N–H and O–H groups in total. The second kappa shape index (κ2) is 7.13. The number of nitrogens with zero attached hydrogens (tertiary/aromatic N) is 3. The summed E-state index contributed by atoms with van der Waals surface area (Å²) in [7, 11) is 1.45. The minimum absolute atomic E-state index is 0.121. The summed E-state index contributed by atoms with van der Waals surface area (Å²) < 4.78 is 19.1. The largest absolute Gasteiger partial charge is 0.467 e. The summed E-state index contributed by atoms with van der Waals surface area (Å²) in [5.41, 5.74) is 8.26. The molecule has 0 saturated heterocycles. The van der Waals surface area contributed by atoms with Crippen LogP contribution in [-0.4, -0.2) is 22.1 Å². The van der Waals surface area contributed by atoms with Crippen LogP contribution < -0.4 is 10.5 Å². The van der Waals surface area contributed by atoms with Gasteiger partial charge in [0, 0.05) is 17.7 Å². The van der Waals surface area contributed by atoms with Crippen LogP contribution >= 0.6 is 11.6 Å². The summed E-state index contributed by atoms with van der Waals surface area (Å²) in [5, 5.41) is 0.478. The van der Waals surface area contributed by atoms with Gasteiger partial charge in [0.15, 0.2) is 11.6 Å². The molecule has 3 aromatic rings. The van der Waals surface area contributed by atoms with Crippen LogP contribution in [0.5, 0.6) is 6.01 Å². The molecule has 0 fully saturated rings. The molecule has 0 radical (unpaired) electrons. The van der Waals surface area contributed by atoms with E-state index in [9.17, 15) is 4.39 Å². The molecular weight excluding hydrogens is 343 g/mol. The second-order valence-corrected chi connectivity index (χ2v) is 5.86. The summed E-state index contributed by atoms with van der Waals surface area (Å²) >= 11 is 6.29. The van der Waals surface area contributed by atoms with Crippen molar-refractivity contribution in [3.05, 3.63) is 58.4 Å². The van der Waals surface area contributed by atoms with Gasteiger partial charge in [0.05, 0.1) is 12.1 Å². The highest BCUT2D eigenvalue weighted by Gasteiger charge is 2.14. The molecule has 0 bridgehead atoms. The highest BCUT2D eigenvalue weighted by Crippen LogP contribution is 2.29. The number of rotatable bonds is 4. The summed E-state index contributed by atoms with van der Waals surface area (Å²) in [6.45, 7) is 2.05. The Hall–Kier alpha value is -2.57. The zero-order chi connectivity index (χ0) is 18.0. The van der Waals surface area contributed by atoms with Gasteiger partial charge in [0.2, 0.25) is 0 Å². The van der Waals surface area contributed by atoms with E-state index in [2.05, 4.69) is 15.0 Å². The molecule has 5 nitrogen and oxygen atoms in total. The number of aromatic nitrogens is 3. The maximum Gasteiger partial charge on any atom is 0.320 e. The summed E-state index contributed by atoms with van der Waals surface area (Å²) in [6, 6.07) is 10.3. The monoisotopic (exact) mass is 358 g/mol. The van der Waals surface area contributed by atoms with Gasteiger partial charge in [-0.05, 0) is 36.2 Å². The van der Waals surface area contributed by atoms with Crippen molar-refractivity contribution in [3.63, 3.8) is 0 Å². The molecule has 3 rings (SSSR count). The van der Waals surface area contributed by atoms with E-state index in [0.29, 0.717) is 39.9 Å². The third kappa shape index (κ3) is 3.60. The Morgan fingerprint density at radius 2 is 1.84 bits per heavy atom. The van der Waals surface area contributed by atoms with E-state index in [-0.39, 0.29) is 11.8 Å². The maximum absolute atomic E-state index is 13.9. The molecule has 128 valence electrons. The Morgan fingerprint density at radius 3 is 2.52 bits per heavy atom. The highest BCUT2D eigenvalue weighted by atomic mass is 35.5. The fraction of sp³-hybridized carbons (Fsp3) is 0.167. The number of aryl methyl sites for hydroxylation is 1. The first-order chi connectivity index (χ1) is 12.0.